The first-order valence-electron chi connectivity index (χ1n) is 8.07. The minimum absolute atomic E-state index is 0.162. The maximum atomic E-state index is 13.1. The number of β-amino-alcohol motifs (C(OH)–C–C–N with tert-alkyl or cyclic N) is 1. The highest BCUT2D eigenvalue weighted by Gasteiger charge is 2.35. The van der Waals surface area contributed by atoms with Gasteiger partial charge in [-0.25, -0.2) is 4.39 Å². The number of aliphatic hydroxyl groups is 1. The van der Waals surface area contributed by atoms with Gasteiger partial charge in [-0.05, 0) is 36.2 Å². The van der Waals surface area contributed by atoms with Crippen molar-refractivity contribution in [3.05, 3.63) is 59.9 Å². The molecule has 1 N–H and O–H groups in total. The molecule has 3 rings (SSSR count). The molecule has 0 unspecified atom stereocenters. The molecule has 0 spiro atoms. The first-order valence-corrected chi connectivity index (χ1v) is 8.07. The van der Waals surface area contributed by atoms with Crippen LogP contribution in [0.3, 0.4) is 0 Å². The molecule has 5 nitrogen and oxygen atoms in total. The average Bonchev–Trinajstić information content (AvgIpc) is 3.02. The van der Waals surface area contributed by atoms with Crippen LogP contribution in [-0.4, -0.2) is 42.3 Å². The van der Waals surface area contributed by atoms with E-state index < -0.39 is 6.10 Å². The number of amides is 1. The summed E-state index contributed by atoms with van der Waals surface area (Å²) in [6, 6.07) is 12.8. The lowest BCUT2D eigenvalue weighted by atomic mass is 10.0. The lowest BCUT2D eigenvalue weighted by molar-refractivity contribution is -0.134. The molecule has 6 heteroatoms. The van der Waals surface area contributed by atoms with Crippen LogP contribution < -0.4 is 9.47 Å². The van der Waals surface area contributed by atoms with Gasteiger partial charge >= 0.3 is 0 Å². The third-order valence-electron chi connectivity index (χ3n) is 4.27. The zero-order valence-electron chi connectivity index (χ0n) is 13.9. The Morgan fingerprint density at radius 2 is 1.88 bits per heavy atom. The Kier molecular flexibility index (Phi) is 5.19. The summed E-state index contributed by atoms with van der Waals surface area (Å²) < 4.78 is 23.9. The quantitative estimate of drug-likeness (QED) is 0.905. The van der Waals surface area contributed by atoms with Crippen LogP contribution in [0.1, 0.15) is 18.0 Å². The van der Waals surface area contributed by atoms with Gasteiger partial charge in [0, 0.05) is 6.54 Å². The van der Waals surface area contributed by atoms with Gasteiger partial charge in [-0.1, -0.05) is 24.3 Å². The monoisotopic (exact) mass is 345 g/mol. The van der Waals surface area contributed by atoms with Crippen molar-refractivity contribution in [2.24, 2.45) is 0 Å². The molecule has 0 saturated carbocycles. The summed E-state index contributed by atoms with van der Waals surface area (Å²) in [5, 5.41) is 9.97. The largest absolute Gasteiger partial charge is 0.493 e. The fraction of sp³-hybridized carbons (Fsp3) is 0.316. The van der Waals surface area contributed by atoms with Gasteiger partial charge in [0.25, 0.3) is 5.91 Å². The number of hydrogen-bond donors (Lipinski definition) is 1. The number of hydrogen-bond acceptors (Lipinski definition) is 4. The number of para-hydroxylation sites is 2. The number of nitrogens with zero attached hydrogens (tertiary/aromatic N) is 1. The first kappa shape index (κ1) is 17.2. The Morgan fingerprint density at radius 3 is 2.56 bits per heavy atom. The molecule has 2 atom stereocenters. The van der Waals surface area contributed by atoms with Crippen molar-refractivity contribution < 1.29 is 23.8 Å². The highest BCUT2D eigenvalue weighted by atomic mass is 19.1. The molecule has 2 aromatic rings. The zero-order valence-corrected chi connectivity index (χ0v) is 13.9. The van der Waals surface area contributed by atoms with Crippen LogP contribution in [0.25, 0.3) is 0 Å². The molecule has 0 radical (unpaired) electrons. The van der Waals surface area contributed by atoms with Crippen LogP contribution in [0, 0.1) is 5.82 Å². The predicted octanol–water partition coefficient (Wildman–Crippen LogP) is 2.55. The minimum atomic E-state index is -0.606. The number of halogens is 1. The standard InChI is InChI=1S/C19H20FNO4/c1-24-17-4-2-3-5-18(17)25-12-19(23)21-11-15(22)10-16(21)13-6-8-14(20)9-7-13/h2-9,15-16,22H,10-12H2,1H3/t15-,16+/m1/s1. The van der Waals surface area contributed by atoms with Gasteiger partial charge < -0.3 is 19.5 Å². The maximum Gasteiger partial charge on any atom is 0.261 e. The molecular formula is C19H20FNO4. The van der Waals surface area contributed by atoms with E-state index in [2.05, 4.69) is 0 Å². The number of benzene rings is 2. The fourth-order valence-electron chi connectivity index (χ4n) is 3.05. The highest BCUT2D eigenvalue weighted by Crippen LogP contribution is 2.33. The third kappa shape index (κ3) is 3.91. The highest BCUT2D eigenvalue weighted by molar-refractivity contribution is 5.78. The summed E-state index contributed by atoms with van der Waals surface area (Å²) in [6.07, 6.45) is -0.184. The number of carbonyl (C=O) groups excluding carboxylic acids is 1. The number of likely N-dealkylation sites (tertiary alicyclic amines) is 1. The van der Waals surface area contributed by atoms with E-state index in [1.807, 2.05) is 6.07 Å². The van der Waals surface area contributed by atoms with E-state index in [0.29, 0.717) is 17.9 Å². The molecule has 1 amide bonds. The number of rotatable bonds is 5. The van der Waals surface area contributed by atoms with Gasteiger partial charge in [0.05, 0.1) is 19.3 Å². The molecule has 0 aliphatic carbocycles. The van der Waals surface area contributed by atoms with Gasteiger partial charge in [0.1, 0.15) is 5.82 Å². The van der Waals surface area contributed by atoms with E-state index in [1.165, 1.54) is 19.2 Å². The average molecular weight is 345 g/mol. The molecule has 1 saturated heterocycles. The van der Waals surface area contributed by atoms with E-state index in [9.17, 15) is 14.3 Å². The zero-order chi connectivity index (χ0) is 17.8. The molecule has 1 fully saturated rings. The van der Waals surface area contributed by atoms with E-state index in [-0.39, 0.29) is 30.9 Å². The summed E-state index contributed by atoms with van der Waals surface area (Å²) in [7, 11) is 1.53. The second-order valence-electron chi connectivity index (χ2n) is 5.94. The molecule has 0 aromatic heterocycles. The van der Waals surface area contributed by atoms with Crippen LogP contribution in [0.2, 0.25) is 0 Å². The normalized spacial score (nSPS) is 19.7. The molecule has 132 valence electrons. The van der Waals surface area contributed by atoms with Crippen molar-refractivity contribution in [1.82, 2.24) is 4.90 Å². The second kappa shape index (κ2) is 7.53. The molecule has 1 heterocycles. The lowest BCUT2D eigenvalue weighted by Gasteiger charge is -2.25. The van der Waals surface area contributed by atoms with Gasteiger partial charge in [0.2, 0.25) is 0 Å². The number of aliphatic hydroxyl groups excluding tert-OH is 1. The number of ether oxygens (including phenoxy) is 2. The molecular weight excluding hydrogens is 325 g/mol. The van der Waals surface area contributed by atoms with E-state index in [0.717, 1.165) is 5.56 Å². The van der Waals surface area contributed by atoms with Crippen LogP contribution in [0.5, 0.6) is 11.5 Å². The Hall–Kier alpha value is -2.60. The Labute approximate surface area is 145 Å². The van der Waals surface area contributed by atoms with Crippen LogP contribution in [-0.2, 0) is 4.79 Å². The summed E-state index contributed by atoms with van der Waals surface area (Å²) in [6.45, 7) is 0.0704. The van der Waals surface area contributed by atoms with Crippen LogP contribution in [0.15, 0.2) is 48.5 Å². The van der Waals surface area contributed by atoms with Gasteiger partial charge in [0.15, 0.2) is 18.1 Å². The van der Waals surface area contributed by atoms with Crippen molar-refractivity contribution >= 4 is 5.91 Å². The lowest BCUT2D eigenvalue weighted by Crippen LogP contribution is -2.35. The SMILES string of the molecule is COc1ccccc1OCC(=O)N1C[C@H](O)C[C@H]1c1ccc(F)cc1. The smallest absolute Gasteiger partial charge is 0.261 e. The molecule has 2 aromatic carbocycles. The fourth-order valence-corrected chi connectivity index (χ4v) is 3.05. The third-order valence-corrected chi connectivity index (χ3v) is 4.27. The summed E-state index contributed by atoms with van der Waals surface area (Å²) in [5.74, 6) is 0.458. The van der Waals surface area contributed by atoms with E-state index in [4.69, 9.17) is 9.47 Å². The van der Waals surface area contributed by atoms with Crippen LogP contribution in [0.4, 0.5) is 4.39 Å². The Bertz CT molecular complexity index is 734. The van der Waals surface area contributed by atoms with Crippen molar-refractivity contribution in [3.8, 4) is 11.5 Å². The van der Waals surface area contributed by atoms with E-state index >= 15 is 0 Å². The molecule has 0 bridgehead atoms. The first-order chi connectivity index (χ1) is 12.1. The summed E-state index contributed by atoms with van der Waals surface area (Å²) >= 11 is 0. The minimum Gasteiger partial charge on any atom is -0.493 e. The molecule has 1 aliphatic heterocycles. The number of methoxy groups -OCH3 is 1. The van der Waals surface area contributed by atoms with Crippen molar-refractivity contribution in [2.75, 3.05) is 20.3 Å². The van der Waals surface area contributed by atoms with Crippen molar-refractivity contribution in [3.63, 3.8) is 0 Å². The Morgan fingerprint density at radius 1 is 1.20 bits per heavy atom. The summed E-state index contributed by atoms with van der Waals surface area (Å²) in [4.78, 5) is 14.2. The Balaban J connectivity index is 1.70. The molecule has 1 aliphatic rings. The van der Waals surface area contributed by atoms with Gasteiger partial charge in [-0.2, -0.15) is 0 Å². The van der Waals surface area contributed by atoms with Gasteiger partial charge in [-0.3, -0.25) is 4.79 Å². The molecule has 25 heavy (non-hydrogen) atoms. The van der Waals surface area contributed by atoms with Crippen molar-refractivity contribution in [2.45, 2.75) is 18.6 Å². The summed E-state index contributed by atoms with van der Waals surface area (Å²) in [5.41, 5.74) is 0.795. The predicted molar refractivity (Wildman–Crippen MR) is 90.0 cm³/mol. The van der Waals surface area contributed by atoms with Gasteiger partial charge in [-0.15, -0.1) is 0 Å². The topological polar surface area (TPSA) is 59.0 Å². The van der Waals surface area contributed by atoms with E-state index in [1.54, 1.807) is 35.2 Å². The van der Waals surface area contributed by atoms with Crippen LogP contribution >= 0.6 is 0 Å². The van der Waals surface area contributed by atoms with Crippen molar-refractivity contribution in [1.29, 1.82) is 0 Å². The number of carbonyl (C=O) groups is 1. The second-order valence-corrected chi connectivity index (χ2v) is 5.94. The maximum absolute atomic E-state index is 13.1.